The van der Waals surface area contributed by atoms with Crippen molar-refractivity contribution in [1.82, 2.24) is 9.55 Å². The lowest BCUT2D eigenvalue weighted by molar-refractivity contribution is 0.306. The van der Waals surface area contributed by atoms with Crippen molar-refractivity contribution >= 4 is 10.9 Å². The first-order valence-electron chi connectivity index (χ1n) is 6.57. The van der Waals surface area contributed by atoms with Gasteiger partial charge < -0.3 is 15.0 Å². The first-order chi connectivity index (χ1) is 9.78. The van der Waals surface area contributed by atoms with Gasteiger partial charge in [-0.05, 0) is 23.8 Å². The molecule has 0 atom stereocenters. The molecule has 0 amide bonds. The summed E-state index contributed by atoms with van der Waals surface area (Å²) in [6.07, 6.45) is 5.55. The van der Waals surface area contributed by atoms with Crippen molar-refractivity contribution in [1.29, 1.82) is 0 Å². The van der Waals surface area contributed by atoms with E-state index >= 15 is 0 Å². The lowest BCUT2D eigenvalue weighted by Gasteiger charge is -2.04. The molecule has 0 radical (unpaired) electrons. The Labute approximate surface area is 117 Å². The number of nitrogens with two attached hydrogens (primary N) is 1. The van der Waals surface area contributed by atoms with Gasteiger partial charge in [0.05, 0.1) is 6.20 Å². The number of rotatable bonds is 4. The van der Waals surface area contributed by atoms with Gasteiger partial charge in [-0.1, -0.05) is 12.1 Å². The van der Waals surface area contributed by atoms with Crippen LogP contribution in [0.2, 0.25) is 0 Å². The molecule has 4 nitrogen and oxygen atoms in total. The highest BCUT2D eigenvalue weighted by Crippen LogP contribution is 2.23. The summed E-state index contributed by atoms with van der Waals surface area (Å²) in [5.41, 5.74) is 9.17. The van der Waals surface area contributed by atoms with Crippen molar-refractivity contribution in [3.05, 3.63) is 60.0 Å². The van der Waals surface area contributed by atoms with E-state index in [0.29, 0.717) is 13.2 Å². The van der Waals surface area contributed by atoms with Gasteiger partial charge in [0.15, 0.2) is 0 Å². The van der Waals surface area contributed by atoms with Crippen LogP contribution in [0.3, 0.4) is 0 Å². The first-order valence-corrected chi connectivity index (χ1v) is 6.57. The molecular weight excluding hydrogens is 250 g/mol. The molecule has 4 heteroatoms. The van der Waals surface area contributed by atoms with Crippen molar-refractivity contribution in [2.45, 2.75) is 13.2 Å². The second-order valence-electron chi connectivity index (χ2n) is 4.80. The maximum Gasteiger partial charge on any atom is 0.138 e. The maximum atomic E-state index is 5.77. The van der Waals surface area contributed by atoms with E-state index in [4.69, 9.17) is 10.5 Å². The van der Waals surface area contributed by atoms with E-state index in [1.807, 2.05) is 19.2 Å². The molecule has 0 aliphatic rings. The molecule has 102 valence electrons. The third-order valence-electron chi connectivity index (χ3n) is 3.40. The molecule has 2 heterocycles. The minimum Gasteiger partial charge on any atom is -0.487 e. The van der Waals surface area contributed by atoms with Crippen molar-refractivity contribution in [2.24, 2.45) is 12.8 Å². The summed E-state index contributed by atoms with van der Waals surface area (Å²) >= 11 is 0. The third-order valence-corrected chi connectivity index (χ3v) is 3.40. The van der Waals surface area contributed by atoms with Crippen LogP contribution in [0.15, 0.2) is 48.9 Å². The molecule has 20 heavy (non-hydrogen) atoms. The molecule has 0 spiro atoms. The minimum atomic E-state index is 0.533. The van der Waals surface area contributed by atoms with E-state index in [-0.39, 0.29) is 0 Å². The van der Waals surface area contributed by atoms with Crippen LogP contribution < -0.4 is 10.5 Å². The predicted molar refractivity (Wildman–Crippen MR) is 79.4 cm³/mol. The van der Waals surface area contributed by atoms with E-state index in [1.165, 1.54) is 10.9 Å². The molecular formula is C16H17N3O. The smallest absolute Gasteiger partial charge is 0.138 e. The topological polar surface area (TPSA) is 53.1 Å². The second-order valence-corrected chi connectivity index (χ2v) is 4.80. The summed E-state index contributed by atoms with van der Waals surface area (Å²) < 4.78 is 7.88. The molecule has 2 aromatic heterocycles. The molecule has 0 aliphatic heterocycles. The standard InChI is InChI=1S/C16H17N3O/c1-19-10-13(11-20-14-3-2-6-18-9-14)15-5-4-12(8-17)7-16(15)19/h2-7,9-10H,8,11,17H2,1H3. The van der Waals surface area contributed by atoms with E-state index in [9.17, 15) is 0 Å². The van der Waals surface area contributed by atoms with Crippen LogP contribution in [-0.2, 0) is 20.2 Å². The Morgan fingerprint density at radius 1 is 1.30 bits per heavy atom. The zero-order chi connectivity index (χ0) is 13.9. The van der Waals surface area contributed by atoms with Gasteiger partial charge in [-0.3, -0.25) is 4.98 Å². The third kappa shape index (κ3) is 2.38. The Hall–Kier alpha value is -2.33. The molecule has 0 saturated carbocycles. The summed E-state index contributed by atoms with van der Waals surface area (Å²) in [6, 6.07) is 10.1. The van der Waals surface area contributed by atoms with Gasteiger partial charge in [0.1, 0.15) is 12.4 Å². The number of pyridine rings is 1. The van der Waals surface area contributed by atoms with Gasteiger partial charge in [0.25, 0.3) is 0 Å². The number of hydrogen-bond acceptors (Lipinski definition) is 3. The van der Waals surface area contributed by atoms with E-state index in [2.05, 4.69) is 33.9 Å². The SMILES string of the molecule is Cn1cc(COc2cccnc2)c2ccc(CN)cc21. The predicted octanol–water partition coefficient (Wildman–Crippen LogP) is 2.61. The molecule has 0 unspecified atom stereocenters. The second kappa shape index (κ2) is 5.35. The Bertz CT molecular complexity index is 719. The van der Waals surface area contributed by atoms with Gasteiger partial charge in [-0.25, -0.2) is 0 Å². The Morgan fingerprint density at radius 3 is 2.95 bits per heavy atom. The molecule has 3 aromatic rings. The number of aryl methyl sites for hydroxylation is 1. The number of aromatic nitrogens is 2. The first kappa shape index (κ1) is 12.7. The Kier molecular flexibility index (Phi) is 3.39. The van der Waals surface area contributed by atoms with E-state index in [1.54, 1.807) is 12.4 Å². The molecule has 0 saturated heterocycles. The lowest BCUT2D eigenvalue weighted by Crippen LogP contribution is -1.96. The Morgan fingerprint density at radius 2 is 2.20 bits per heavy atom. The largest absolute Gasteiger partial charge is 0.487 e. The Balaban J connectivity index is 1.88. The van der Waals surface area contributed by atoms with Crippen LogP contribution in [0.5, 0.6) is 5.75 Å². The van der Waals surface area contributed by atoms with Crippen LogP contribution in [0, 0.1) is 0 Å². The van der Waals surface area contributed by atoms with E-state index in [0.717, 1.165) is 16.9 Å². The lowest BCUT2D eigenvalue weighted by atomic mass is 10.1. The average molecular weight is 267 g/mol. The van der Waals surface area contributed by atoms with Gasteiger partial charge in [-0.15, -0.1) is 0 Å². The van der Waals surface area contributed by atoms with Gasteiger partial charge in [0, 0.05) is 42.5 Å². The highest BCUT2D eigenvalue weighted by molar-refractivity contribution is 5.84. The summed E-state index contributed by atoms with van der Waals surface area (Å²) in [7, 11) is 2.04. The molecule has 3 rings (SSSR count). The van der Waals surface area contributed by atoms with Crippen LogP contribution in [0.1, 0.15) is 11.1 Å². The fourth-order valence-electron chi connectivity index (χ4n) is 2.35. The van der Waals surface area contributed by atoms with Crippen molar-refractivity contribution in [3.63, 3.8) is 0 Å². The van der Waals surface area contributed by atoms with Crippen LogP contribution >= 0.6 is 0 Å². The number of hydrogen-bond donors (Lipinski definition) is 1. The average Bonchev–Trinajstić information content (AvgIpc) is 2.82. The molecule has 1 aromatic carbocycles. The van der Waals surface area contributed by atoms with E-state index < -0.39 is 0 Å². The minimum absolute atomic E-state index is 0.533. The highest BCUT2D eigenvalue weighted by Gasteiger charge is 2.08. The summed E-state index contributed by atoms with van der Waals surface area (Å²) in [6.45, 7) is 1.09. The van der Waals surface area contributed by atoms with Gasteiger partial charge >= 0.3 is 0 Å². The highest BCUT2D eigenvalue weighted by atomic mass is 16.5. The number of nitrogens with zero attached hydrogens (tertiary/aromatic N) is 2. The van der Waals surface area contributed by atoms with Crippen molar-refractivity contribution < 1.29 is 4.74 Å². The molecule has 0 fully saturated rings. The summed E-state index contributed by atoms with van der Waals surface area (Å²) in [5, 5.41) is 1.20. The monoisotopic (exact) mass is 267 g/mol. The summed E-state index contributed by atoms with van der Waals surface area (Å²) in [5.74, 6) is 0.781. The maximum absolute atomic E-state index is 5.77. The van der Waals surface area contributed by atoms with Gasteiger partial charge in [0.2, 0.25) is 0 Å². The fourth-order valence-corrected chi connectivity index (χ4v) is 2.35. The van der Waals surface area contributed by atoms with Crippen molar-refractivity contribution in [2.75, 3.05) is 0 Å². The zero-order valence-corrected chi connectivity index (χ0v) is 11.4. The molecule has 2 N–H and O–H groups in total. The van der Waals surface area contributed by atoms with Crippen LogP contribution in [0.4, 0.5) is 0 Å². The molecule has 0 bridgehead atoms. The van der Waals surface area contributed by atoms with Crippen molar-refractivity contribution in [3.8, 4) is 5.75 Å². The fraction of sp³-hybridized carbons (Fsp3) is 0.188. The normalized spacial score (nSPS) is 10.9. The number of ether oxygens (including phenoxy) is 1. The van der Waals surface area contributed by atoms with Gasteiger partial charge in [-0.2, -0.15) is 0 Å². The number of fused-ring (bicyclic) bond motifs is 1. The summed E-state index contributed by atoms with van der Waals surface area (Å²) in [4.78, 5) is 4.04. The molecule has 0 aliphatic carbocycles. The number of benzene rings is 1. The van der Waals surface area contributed by atoms with Crippen LogP contribution in [0.25, 0.3) is 10.9 Å². The zero-order valence-electron chi connectivity index (χ0n) is 11.4. The van der Waals surface area contributed by atoms with Crippen LogP contribution in [-0.4, -0.2) is 9.55 Å². The quantitative estimate of drug-likeness (QED) is 0.790.